The number of hydrogen-bond donors (Lipinski definition) is 1. The number of carbonyl (C=O) groups is 1. The molecule has 29 heavy (non-hydrogen) atoms. The molecule has 0 atom stereocenters. The van der Waals surface area contributed by atoms with Crippen molar-refractivity contribution in [3.63, 3.8) is 0 Å². The van der Waals surface area contributed by atoms with Crippen LogP contribution in [0.2, 0.25) is 0 Å². The summed E-state index contributed by atoms with van der Waals surface area (Å²) in [6.07, 6.45) is 3.62. The molecule has 0 aliphatic carbocycles. The van der Waals surface area contributed by atoms with E-state index in [1.54, 1.807) is 6.07 Å². The highest BCUT2D eigenvalue weighted by molar-refractivity contribution is 9.11. The fourth-order valence-corrected chi connectivity index (χ4v) is 4.76. The maximum absolute atomic E-state index is 14.5. The average Bonchev–Trinajstić information content (AvgIpc) is 3.34. The van der Waals surface area contributed by atoms with Crippen LogP contribution in [0.15, 0.2) is 48.8 Å². The van der Waals surface area contributed by atoms with E-state index in [4.69, 9.17) is 4.42 Å². The number of hydrogen-bond acceptors (Lipinski definition) is 4. The largest absolute Gasteiger partial charge is 0.450 e. The molecule has 1 N–H and O–H groups in total. The Morgan fingerprint density at radius 2 is 1.97 bits per heavy atom. The molecule has 0 bridgehead atoms. The molecule has 2 aromatic carbocycles. The highest BCUT2D eigenvalue weighted by atomic mass is 79.9. The molecule has 5 nitrogen and oxygen atoms in total. The number of furan rings is 1. The highest BCUT2D eigenvalue weighted by Crippen LogP contribution is 2.31. The van der Waals surface area contributed by atoms with Crippen LogP contribution in [-0.4, -0.2) is 25.2 Å². The van der Waals surface area contributed by atoms with Gasteiger partial charge < -0.3 is 9.32 Å². The van der Waals surface area contributed by atoms with Crippen molar-refractivity contribution in [1.82, 2.24) is 5.43 Å². The first kappa shape index (κ1) is 20.1. The number of amides is 1. The van der Waals surface area contributed by atoms with Gasteiger partial charge in [0.15, 0.2) is 5.76 Å². The van der Waals surface area contributed by atoms with Gasteiger partial charge in [-0.3, -0.25) is 4.79 Å². The zero-order chi connectivity index (χ0) is 20.5. The van der Waals surface area contributed by atoms with Gasteiger partial charge in [0.05, 0.1) is 16.4 Å². The zero-order valence-corrected chi connectivity index (χ0v) is 18.8. The smallest absolute Gasteiger partial charge is 0.307 e. The summed E-state index contributed by atoms with van der Waals surface area (Å²) in [4.78, 5) is 14.4. The molecule has 4 rings (SSSR count). The van der Waals surface area contributed by atoms with Crippen molar-refractivity contribution in [2.75, 3.05) is 18.0 Å². The number of rotatable bonds is 4. The Hall–Kier alpha value is -2.19. The number of aryl methyl sites for hydroxylation is 1. The Morgan fingerprint density at radius 1 is 1.21 bits per heavy atom. The topological polar surface area (TPSA) is 57.8 Å². The van der Waals surface area contributed by atoms with Crippen molar-refractivity contribution in [3.8, 4) is 0 Å². The van der Waals surface area contributed by atoms with Crippen LogP contribution in [-0.2, 0) is 0 Å². The van der Waals surface area contributed by atoms with Crippen LogP contribution < -0.4 is 10.3 Å². The molecule has 1 aliphatic rings. The third-order valence-corrected chi connectivity index (χ3v) is 5.96. The third kappa shape index (κ3) is 4.23. The Balaban J connectivity index is 1.49. The molecule has 0 saturated carbocycles. The number of halogens is 3. The van der Waals surface area contributed by atoms with Crippen molar-refractivity contribution >= 4 is 60.6 Å². The van der Waals surface area contributed by atoms with E-state index in [1.165, 1.54) is 12.3 Å². The standard InChI is InChI=1S/C21H18Br2FN3O2/c1-12-6-18(27-4-2-3-5-27)17(24)8-14(12)11-25-26-21(28)19-9-13-7-15(22)10-16(23)20(13)29-19/h6-11H,2-5H2,1H3,(H,26,28)/b25-11-. The first-order valence-electron chi connectivity index (χ1n) is 9.19. The van der Waals surface area contributed by atoms with Gasteiger partial charge in [-0.25, -0.2) is 9.82 Å². The molecule has 150 valence electrons. The minimum Gasteiger partial charge on any atom is -0.450 e. The lowest BCUT2D eigenvalue weighted by atomic mass is 10.1. The number of anilines is 1. The predicted molar refractivity (Wildman–Crippen MR) is 119 cm³/mol. The average molecular weight is 523 g/mol. The van der Waals surface area contributed by atoms with Gasteiger partial charge in [-0.1, -0.05) is 15.9 Å². The molecular weight excluding hydrogens is 505 g/mol. The fraction of sp³-hybridized carbons (Fsp3) is 0.238. The lowest BCUT2D eigenvalue weighted by Gasteiger charge is -2.19. The maximum Gasteiger partial charge on any atom is 0.307 e. The summed E-state index contributed by atoms with van der Waals surface area (Å²) in [6.45, 7) is 3.66. The summed E-state index contributed by atoms with van der Waals surface area (Å²) in [5.41, 5.74) is 5.15. The Morgan fingerprint density at radius 3 is 2.72 bits per heavy atom. The van der Waals surface area contributed by atoms with Gasteiger partial charge in [-0.2, -0.15) is 5.10 Å². The minimum atomic E-state index is -0.479. The molecule has 1 amide bonds. The SMILES string of the molecule is Cc1cc(N2CCCC2)c(F)cc1/C=N\NC(=O)c1cc2cc(Br)cc(Br)c2o1. The van der Waals surface area contributed by atoms with Gasteiger partial charge in [0, 0.05) is 28.5 Å². The molecule has 0 unspecified atom stereocenters. The summed E-state index contributed by atoms with van der Waals surface area (Å²) in [5.74, 6) is -0.617. The van der Waals surface area contributed by atoms with E-state index in [-0.39, 0.29) is 11.6 Å². The second-order valence-electron chi connectivity index (χ2n) is 6.97. The van der Waals surface area contributed by atoms with E-state index in [2.05, 4.69) is 47.3 Å². The van der Waals surface area contributed by atoms with Gasteiger partial charge in [0.2, 0.25) is 0 Å². The summed E-state index contributed by atoms with van der Waals surface area (Å²) < 4.78 is 21.7. The number of hydrazone groups is 1. The van der Waals surface area contributed by atoms with E-state index < -0.39 is 5.91 Å². The van der Waals surface area contributed by atoms with Crippen molar-refractivity contribution in [1.29, 1.82) is 0 Å². The second kappa shape index (κ2) is 8.28. The van der Waals surface area contributed by atoms with E-state index in [1.807, 2.05) is 25.1 Å². The van der Waals surface area contributed by atoms with Crippen LogP contribution in [0.1, 0.15) is 34.5 Å². The lowest BCUT2D eigenvalue weighted by Crippen LogP contribution is -2.19. The van der Waals surface area contributed by atoms with Gasteiger partial charge in [-0.05, 0) is 71.6 Å². The van der Waals surface area contributed by atoms with Crippen LogP contribution in [0.25, 0.3) is 11.0 Å². The lowest BCUT2D eigenvalue weighted by molar-refractivity contribution is 0.0929. The Kier molecular flexibility index (Phi) is 5.74. The van der Waals surface area contributed by atoms with Gasteiger partial charge in [-0.15, -0.1) is 0 Å². The number of nitrogens with zero attached hydrogens (tertiary/aromatic N) is 2. The summed E-state index contributed by atoms with van der Waals surface area (Å²) in [5, 5.41) is 4.76. The summed E-state index contributed by atoms with van der Waals surface area (Å²) in [6, 6.07) is 8.63. The molecule has 0 radical (unpaired) electrons. The summed E-state index contributed by atoms with van der Waals surface area (Å²) in [7, 11) is 0. The van der Waals surface area contributed by atoms with Crippen LogP contribution in [0.3, 0.4) is 0 Å². The minimum absolute atomic E-state index is 0.142. The first-order chi connectivity index (χ1) is 13.9. The molecule has 1 fully saturated rings. The number of fused-ring (bicyclic) bond motifs is 1. The van der Waals surface area contributed by atoms with Crippen molar-refractivity contribution < 1.29 is 13.6 Å². The van der Waals surface area contributed by atoms with Crippen molar-refractivity contribution in [3.05, 3.63) is 62.0 Å². The molecule has 8 heteroatoms. The molecule has 2 heterocycles. The highest BCUT2D eigenvalue weighted by Gasteiger charge is 2.17. The molecule has 1 aromatic heterocycles. The van der Waals surface area contributed by atoms with Gasteiger partial charge in [0.1, 0.15) is 11.4 Å². The maximum atomic E-state index is 14.5. The molecule has 0 spiro atoms. The predicted octanol–water partition coefficient (Wildman–Crippen LogP) is 5.77. The quantitative estimate of drug-likeness (QED) is 0.349. The van der Waals surface area contributed by atoms with Crippen molar-refractivity contribution in [2.24, 2.45) is 5.10 Å². The summed E-state index contributed by atoms with van der Waals surface area (Å²) >= 11 is 6.82. The van der Waals surface area contributed by atoms with Crippen LogP contribution >= 0.6 is 31.9 Å². The van der Waals surface area contributed by atoms with Crippen LogP contribution in [0, 0.1) is 12.7 Å². The first-order valence-corrected chi connectivity index (χ1v) is 10.8. The van der Waals surface area contributed by atoms with Crippen molar-refractivity contribution in [2.45, 2.75) is 19.8 Å². The molecule has 1 aliphatic heterocycles. The zero-order valence-electron chi connectivity index (χ0n) is 15.6. The monoisotopic (exact) mass is 521 g/mol. The third-order valence-electron chi connectivity index (χ3n) is 4.91. The van der Waals surface area contributed by atoms with Crippen LogP contribution in [0.4, 0.5) is 10.1 Å². The van der Waals surface area contributed by atoms with Gasteiger partial charge >= 0.3 is 5.91 Å². The Bertz CT molecular complexity index is 1120. The molecule has 1 saturated heterocycles. The van der Waals surface area contributed by atoms with E-state index in [9.17, 15) is 9.18 Å². The normalized spacial score (nSPS) is 14.3. The second-order valence-corrected chi connectivity index (χ2v) is 8.74. The Labute approximate surface area is 184 Å². The number of carbonyl (C=O) groups excluding carboxylic acids is 1. The van der Waals surface area contributed by atoms with Crippen LogP contribution in [0.5, 0.6) is 0 Å². The van der Waals surface area contributed by atoms with E-state index in [0.29, 0.717) is 16.8 Å². The van der Waals surface area contributed by atoms with E-state index >= 15 is 0 Å². The van der Waals surface area contributed by atoms with E-state index in [0.717, 1.165) is 45.8 Å². The van der Waals surface area contributed by atoms with Gasteiger partial charge in [0.25, 0.3) is 0 Å². The number of nitrogens with one attached hydrogen (secondary N) is 1. The number of benzene rings is 2. The molecule has 3 aromatic rings. The fourth-order valence-electron chi connectivity index (χ4n) is 3.42. The molecular formula is C21H18Br2FN3O2.